The van der Waals surface area contributed by atoms with Crippen molar-refractivity contribution < 1.29 is 4.39 Å². The molecule has 1 aromatic carbocycles. The van der Waals surface area contributed by atoms with Gasteiger partial charge in [0.2, 0.25) is 0 Å². The van der Waals surface area contributed by atoms with Gasteiger partial charge in [-0.2, -0.15) is 0 Å². The van der Waals surface area contributed by atoms with E-state index in [2.05, 4.69) is 20.6 Å². The van der Waals surface area contributed by atoms with Gasteiger partial charge in [0.05, 0.1) is 12.2 Å². The highest BCUT2D eigenvalue weighted by Gasteiger charge is 1.99. The van der Waals surface area contributed by atoms with Gasteiger partial charge in [-0.3, -0.25) is 4.98 Å². The molecule has 2 rings (SSSR count). The van der Waals surface area contributed by atoms with Gasteiger partial charge in [0, 0.05) is 19.3 Å². The SMILES string of the molecule is CCNC(=NCc1ccccn1)NCCc1cccc(F)c1. The smallest absolute Gasteiger partial charge is 0.191 e. The van der Waals surface area contributed by atoms with Crippen LogP contribution in [0.3, 0.4) is 0 Å². The lowest BCUT2D eigenvalue weighted by Gasteiger charge is -2.11. The van der Waals surface area contributed by atoms with Crippen LogP contribution in [0.1, 0.15) is 18.2 Å². The molecule has 116 valence electrons. The number of guanidine groups is 1. The second kappa shape index (κ2) is 8.77. The standard InChI is InChI=1S/C17H21FN4/c1-2-19-17(22-13-16-8-3-4-10-20-16)21-11-9-14-6-5-7-15(18)12-14/h3-8,10,12H,2,9,11,13H2,1H3,(H2,19,21,22). The number of nitrogens with zero attached hydrogens (tertiary/aromatic N) is 2. The number of aromatic nitrogens is 1. The van der Waals surface area contributed by atoms with Crippen LogP contribution in [0.4, 0.5) is 4.39 Å². The van der Waals surface area contributed by atoms with Crippen molar-refractivity contribution in [3.63, 3.8) is 0 Å². The molecule has 2 N–H and O–H groups in total. The minimum Gasteiger partial charge on any atom is -0.357 e. The quantitative estimate of drug-likeness (QED) is 0.636. The molecule has 0 saturated carbocycles. The Labute approximate surface area is 130 Å². The third-order valence-electron chi connectivity index (χ3n) is 3.06. The largest absolute Gasteiger partial charge is 0.357 e. The maximum absolute atomic E-state index is 13.1. The van der Waals surface area contributed by atoms with E-state index in [1.165, 1.54) is 6.07 Å². The number of hydrogen-bond donors (Lipinski definition) is 2. The maximum Gasteiger partial charge on any atom is 0.191 e. The summed E-state index contributed by atoms with van der Waals surface area (Å²) in [7, 11) is 0. The zero-order valence-corrected chi connectivity index (χ0v) is 12.7. The second-order valence-electron chi connectivity index (χ2n) is 4.82. The summed E-state index contributed by atoms with van der Waals surface area (Å²) < 4.78 is 13.1. The van der Waals surface area contributed by atoms with Crippen LogP contribution in [-0.2, 0) is 13.0 Å². The van der Waals surface area contributed by atoms with Crippen molar-refractivity contribution in [2.75, 3.05) is 13.1 Å². The van der Waals surface area contributed by atoms with Crippen LogP contribution in [0, 0.1) is 5.82 Å². The number of benzene rings is 1. The molecule has 5 heteroatoms. The van der Waals surface area contributed by atoms with Crippen molar-refractivity contribution in [1.29, 1.82) is 0 Å². The van der Waals surface area contributed by atoms with Crippen molar-refractivity contribution in [2.24, 2.45) is 4.99 Å². The zero-order chi connectivity index (χ0) is 15.6. The fourth-order valence-electron chi connectivity index (χ4n) is 2.01. The molecule has 0 aliphatic rings. The first-order valence-electron chi connectivity index (χ1n) is 7.44. The van der Waals surface area contributed by atoms with Crippen molar-refractivity contribution in [1.82, 2.24) is 15.6 Å². The predicted octanol–water partition coefficient (Wildman–Crippen LogP) is 2.52. The highest BCUT2D eigenvalue weighted by molar-refractivity contribution is 5.79. The normalized spacial score (nSPS) is 11.3. The van der Waals surface area contributed by atoms with Crippen molar-refractivity contribution in [3.8, 4) is 0 Å². The van der Waals surface area contributed by atoms with Crippen molar-refractivity contribution in [2.45, 2.75) is 19.9 Å². The third-order valence-corrected chi connectivity index (χ3v) is 3.06. The van der Waals surface area contributed by atoms with Gasteiger partial charge in [-0.05, 0) is 43.2 Å². The van der Waals surface area contributed by atoms with Crippen LogP contribution in [0.5, 0.6) is 0 Å². The molecule has 22 heavy (non-hydrogen) atoms. The van der Waals surface area contributed by atoms with Crippen molar-refractivity contribution >= 4 is 5.96 Å². The van der Waals surface area contributed by atoms with Gasteiger partial charge in [-0.25, -0.2) is 9.38 Å². The fraction of sp³-hybridized carbons (Fsp3) is 0.294. The molecule has 0 bridgehead atoms. The van der Waals surface area contributed by atoms with E-state index in [0.29, 0.717) is 13.1 Å². The van der Waals surface area contributed by atoms with E-state index in [0.717, 1.165) is 30.2 Å². The highest BCUT2D eigenvalue weighted by Crippen LogP contribution is 2.03. The maximum atomic E-state index is 13.1. The summed E-state index contributed by atoms with van der Waals surface area (Å²) in [5, 5.41) is 6.44. The Morgan fingerprint density at radius 2 is 2.09 bits per heavy atom. The van der Waals surface area contributed by atoms with Gasteiger partial charge in [0.1, 0.15) is 5.82 Å². The molecule has 1 heterocycles. The van der Waals surface area contributed by atoms with E-state index in [1.54, 1.807) is 18.3 Å². The fourth-order valence-corrected chi connectivity index (χ4v) is 2.01. The summed E-state index contributed by atoms with van der Waals surface area (Å²) in [4.78, 5) is 8.73. The van der Waals surface area contributed by atoms with Crippen LogP contribution in [0.2, 0.25) is 0 Å². The number of hydrogen-bond acceptors (Lipinski definition) is 2. The molecule has 0 unspecified atom stereocenters. The minimum absolute atomic E-state index is 0.201. The van der Waals surface area contributed by atoms with Crippen LogP contribution in [0.25, 0.3) is 0 Å². The molecule has 4 nitrogen and oxygen atoms in total. The Morgan fingerprint density at radius 1 is 1.18 bits per heavy atom. The molecule has 0 aliphatic carbocycles. The monoisotopic (exact) mass is 300 g/mol. The second-order valence-corrected chi connectivity index (χ2v) is 4.82. The molecular formula is C17H21FN4. The first-order valence-corrected chi connectivity index (χ1v) is 7.44. The van der Waals surface area contributed by atoms with Gasteiger partial charge < -0.3 is 10.6 Å². The summed E-state index contributed by atoms with van der Waals surface area (Å²) in [6.07, 6.45) is 2.50. The average Bonchev–Trinajstić information content (AvgIpc) is 2.54. The first-order chi connectivity index (χ1) is 10.8. The number of aliphatic imine (C=N–C) groups is 1. The lowest BCUT2D eigenvalue weighted by molar-refractivity contribution is 0.625. The lowest BCUT2D eigenvalue weighted by Crippen LogP contribution is -2.38. The van der Waals surface area contributed by atoms with E-state index < -0.39 is 0 Å². The summed E-state index contributed by atoms with van der Waals surface area (Å²) in [6.45, 7) is 4.02. The molecule has 0 radical (unpaired) electrons. The molecular weight excluding hydrogens is 279 g/mol. The van der Waals surface area contributed by atoms with Gasteiger partial charge in [0.25, 0.3) is 0 Å². The Balaban J connectivity index is 1.86. The Hall–Kier alpha value is -2.43. The molecule has 0 saturated heterocycles. The van der Waals surface area contributed by atoms with E-state index in [4.69, 9.17) is 0 Å². The number of nitrogens with one attached hydrogen (secondary N) is 2. The number of rotatable bonds is 6. The molecule has 0 amide bonds. The van der Waals surface area contributed by atoms with E-state index in [9.17, 15) is 4.39 Å². The van der Waals surface area contributed by atoms with Crippen LogP contribution < -0.4 is 10.6 Å². The third kappa shape index (κ3) is 5.52. The first kappa shape index (κ1) is 15.9. The zero-order valence-electron chi connectivity index (χ0n) is 12.7. The Kier molecular flexibility index (Phi) is 6.36. The minimum atomic E-state index is -0.201. The Morgan fingerprint density at radius 3 is 2.82 bits per heavy atom. The van der Waals surface area contributed by atoms with Gasteiger partial charge in [-0.15, -0.1) is 0 Å². The van der Waals surface area contributed by atoms with E-state index >= 15 is 0 Å². The number of pyridine rings is 1. The summed E-state index contributed by atoms with van der Waals surface area (Å²) >= 11 is 0. The van der Waals surface area contributed by atoms with Crippen LogP contribution in [-0.4, -0.2) is 24.0 Å². The summed E-state index contributed by atoms with van der Waals surface area (Å²) in [6, 6.07) is 12.4. The molecule has 1 aromatic heterocycles. The highest BCUT2D eigenvalue weighted by atomic mass is 19.1. The molecule has 0 spiro atoms. The predicted molar refractivity (Wildman–Crippen MR) is 87.2 cm³/mol. The molecule has 2 aromatic rings. The van der Waals surface area contributed by atoms with E-state index in [-0.39, 0.29) is 5.82 Å². The molecule has 0 atom stereocenters. The summed E-state index contributed by atoms with van der Waals surface area (Å²) in [5.74, 6) is 0.540. The molecule has 0 aliphatic heterocycles. The number of halogens is 1. The average molecular weight is 300 g/mol. The van der Waals surface area contributed by atoms with Crippen LogP contribution in [0.15, 0.2) is 53.7 Å². The van der Waals surface area contributed by atoms with Gasteiger partial charge >= 0.3 is 0 Å². The topological polar surface area (TPSA) is 49.3 Å². The lowest BCUT2D eigenvalue weighted by atomic mass is 10.1. The van der Waals surface area contributed by atoms with Gasteiger partial charge in [-0.1, -0.05) is 18.2 Å². The van der Waals surface area contributed by atoms with E-state index in [1.807, 2.05) is 31.2 Å². The molecule has 0 fully saturated rings. The Bertz CT molecular complexity index is 599. The summed E-state index contributed by atoms with van der Waals surface area (Å²) in [5.41, 5.74) is 1.89. The van der Waals surface area contributed by atoms with Crippen molar-refractivity contribution in [3.05, 3.63) is 65.7 Å². The van der Waals surface area contributed by atoms with Crippen LogP contribution >= 0.6 is 0 Å². The van der Waals surface area contributed by atoms with Gasteiger partial charge in [0.15, 0.2) is 5.96 Å².